The molecule has 1 N–H and O–H groups in total. The van der Waals surface area contributed by atoms with Crippen LogP contribution in [0.3, 0.4) is 0 Å². The lowest BCUT2D eigenvalue weighted by Crippen LogP contribution is -2.54. The first kappa shape index (κ1) is 18.0. The monoisotopic (exact) mass is 283 g/mol. The van der Waals surface area contributed by atoms with Gasteiger partial charge in [0.1, 0.15) is 0 Å². The minimum absolute atomic E-state index is 0.115. The van der Waals surface area contributed by atoms with Crippen LogP contribution >= 0.6 is 0 Å². The second-order valence-corrected chi connectivity index (χ2v) is 6.69. The molecule has 1 saturated carbocycles. The van der Waals surface area contributed by atoms with Crippen molar-refractivity contribution in [1.29, 1.82) is 0 Å². The van der Waals surface area contributed by atoms with Crippen LogP contribution in [-0.4, -0.2) is 24.8 Å². The fraction of sp³-hybridized carbons (Fsp3) is 1.00. The molecule has 0 amide bonds. The largest absolute Gasteiger partial charge is 0.374 e. The van der Waals surface area contributed by atoms with Gasteiger partial charge in [0.25, 0.3) is 0 Å². The summed E-state index contributed by atoms with van der Waals surface area (Å²) in [6.45, 7) is 11.1. The Bertz CT molecular complexity index is 230. The van der Waals surface area contributed by atoms with E-state index in [9.17, 15) is 0 Å². The molecule has 0 radical (unpaired) electrons. The lowest BCUT2D eigenvalue weighted by atomic mass is 9.75. The van der Waals surface area contributed by atoms with E-state index in [0.29, 0.717) is 6.04 Å². The van der Waals surface area contributed by atoms with Gasteiger partial charge in [-0.25, -0.2) is 0 Å². The van der Waals surface area contributed by atoms with E-state index in [4.69, 9.17) is 4.74 Å². The van der Waals surface area contributed by atoms with E-state index in [1.54, 1.807) is 0 Å². The summed E-state index contributed by atoms with van der Waals surface area (Å²) in [5, 5.41) is 3.83. The molecule has 0 bridgehead atoms. The Morgan fingerprint density at radius 1 is 1.05 bits per heavy atom. The van der Waals surface area contributed by atoms with Gasteiger partial charge in [-0.15, -0.1) is 0 Å². The first-order valence-electron chi connectivity index (χ1n) is 9.05. The standard InChI is InChI=1S/C18H37NO/c1-5-11-16(4)15-17(19-14-6-2)18(20-7-3)12-9-8-10-13-18/h16-17,19H,5-15H2,1-4H3. The van der Waals surface area contributed by atoms with Crippen LogP contribution in [0.25, 0.3) is 0 Å². The van der Waals surface area contributed by atoms with Crippen molar-refractivity contribution >= 4 is 0 Å². The van der Waals surface area contributed by atoms with Crippen molar-refractivity contribution in [2.45, 2.75) is 97.1 Å². The minimum Gasteiger partial charge on any atom is -0.374 e. The van der Waals surface area contributed by atoms with Crippen LogP contribution in [0.15, 0.2) is 0 Å². The van der Waals surface area contributed by atoms with Crippen LogP contribution in [0.5, 0.6) is 0 Å². The molecule has 0 aromatic heterocycles. The van der Waals surface area contributed by atoms with E-state index in [-0.39, 0.29) is 5.60 Å². The van der Waals surface area contributed by atoms with Crippen molar-refractivity contribution in [2.75, 3.05) is 13.2 Å². The number of hydrogen-bond donors (Lipinski definition) is 1. The lowest BCUT2D eigenvalue weighted by Gasteiger charge is -2.44. The summed E-state index contributed by atoms with van der Waals surface area (Å²) >= 11 is 0. The molecule has 0 heterocycles. The van der Waals surface area contributed by atoms with Crippen molar-refractivity contribution in [3.8, 4) is 0 Å². The predicted molar refractivity (Wildman–Crippen MR) is 88.2 cm³/mol. The summed E-state index contributed by atoms with van der Waals surface area (Å²) in [6, 6.07) is 0.546. The van der Waals surface area contributed by atoms with Crippen molar-refractivity contribution < 1.29 is 4.74 Å². The Hall–Kier alpha value is -0.0800. The van der Waals surface area contributed by atoms with Crippen molar-refractivity contribution in [1.82, 2.24) is 5.32 Å². The molecule has 0 aromatic rings. The fourth-order valence-corrected chi connectivity index (χ4v) is 3.85. The van der Waals surface area contributed by atoms with Crippen LogP contribution in [-0.2, 0) is 4.74 Å². The van der Waals surface area contributed by atoms with E-state index in [0.717, 1.165) is 19.1 Å². The Balaban J connectivity index is 2.74. The summed E-state index contributed by atoms with van der Waals surface area (Å²) in [4.78, 5) is 0. The number of rotatable bonds is 10. The lowest BCUT2D eigenvalue weighted by molar-refractivity contribution is -0.0940. The average molecular weight is 284 g/mol. The molecular weight excluding hydrogens is 246 g/mol. The zero-order chi connectivity index (χ0) is 14.8. The van der Waals surface area contributed by atoms with E-state index in [1.807, 2.05) is 0 Å². The van der Waals surface area contributed by atoms with Crippen molar-refractivity contribution in [3.05, 3.63) is 0 Å². The molecule has 2 unspecified atom stereocenters. The first-order valence-corrected chi connectivity index (χ1v) is 9.05. The van der Waals surface area contributed by atoms with E-state index in [1.165, 1.54) is 57.8 Å². The second-order valence-electron chi connectivity index (χ2n) is 6.69. The average Bonchev–Trinajstić information content (AvgIpc) is 2.45. The van der Waals surface area contributed by atoms with Gasteiger partial charge >= 0.3 is 0 Å². The summed E-state index contributed by atoms with van der Waals surface area (Å²) in [5.74, 6) is 0.800. The number of hydrogen-bond acceptors (Lipinski definition) is 2. The van der Waals surface area contributed by atoms with E-state index < -0.39 is 0 Å². The van der Waals surface area contributed by atoms with Crippen molar-refractivity contribution in [2.24, 2.45) is 5.92 Å². The third-order valence-electron chi connectivity index (χ3n) is 4.83. The van der Waals surface area contributed by atoms with Gasteiger partial charge in [0, 0.05) is 12.6 Å². The van der Waals surface area contributed by atoms with E-state index >= 15 is 0 Å². The highest BCUT2D eigenvalue weighted by atomic mass is 16.5. The molecule has 120 valence electrons. The van der Waals surface area contributed by atoms with Crippen molar-refractivity contribution in [3.63, 3.8) is 0 Å². The highest BCUT2D eigenvalue weighted by molar-refractivity contribution is 4.96. The molecule has 0 saturated heterocycles. The molecule has 1 aliphatic rings. The predicted octanol–water partition coefficient (Wildman–Crippen LogP) is 4.92. The molecule has 20 heavy (non-hydrogen) atoms. The number of nitrogens with one attached hydrogen (secondary N) is 1. The van der Waals surface area contributed by atoms with Crippen LogP contribution < -0.4 is 5.32 Å². The molecule has 2 nitrogen and oxygen atoms in total. The topological polar surface area (TPSA) is 21.3 Å². The van der Waals surface area contributed by atoms with Gasteiger partial charge in [-0.05, 0) is 45.1 Å². The molecular formula is C18H37NO. The zero-order valence-corrected chi connectivity index (χ0v) is 14.3. The van der Waals surface area contributed by atoms with Crippen LogP contribution in [0.1, 0.15) is 85.5 Å². The first-order chi connectivity index (χ1) is 9.68. The maximum atomic E-state index is 6.35. The minimum atomic E-state index is 0.115. The fourth-order valence-electron chi connectivity index (χ4n) is 3.85. The molecule has 1 aliphatic carbocycles. The maximum Gasteiger partial charge on any atom is 0.0834 e. The summed E-state index contributed by atoms with van der Waals surface area (Å²) in [6.07, 6.45) is 11.7. The molecule has 0 spiro atoms. The zero-order valence-electron chi connectivity index (χ0n) is 14.3. The SMILES string of the molecule is CCCNC(CC(C)CCC)C1(OCC)CCCCC1. The Morgan fingerprint density at radius 3 is 2.30 bits per heavy atom. The van der Waals surface area contributed by atoms with Crippen LogP contribution in [0.4, 0.5) is 0 Å². The molecule has 1 fully saturated rings. The van der Waals surface area contributed by atoms with Gasteiger partial charge in [0.05, 0.1) is 5.60 Å². The third-order valence-corrected chi connectivity index (χ3v) is 4.83. The quantitative estimate of drug-likeness (QED) is 0.614. The highest BCUT2D eigenvalue weighted by Crippen LogP contribution is 2.37. The smallest absolute Gasteiger partial charge is 0.0834 e. The summed E-state index contributed by atoms with van der Waals surface area (Å²) < 4.78 is 6.35. The molecule has 0 aliphatic heterocycles. The van der Waals surface area contributed by atoms with Gasteiger partial charge in [-0.2, -0.15) is 0 Å². The Morgan fingerprint density at radius 2 is 1.75 bits per heavy atom. The second kappa shape index (κ2) is 9.78. The normalized spacial score (nSPS) is 21.6. The summed E-state index contributed by atoms with van der Waals surface area (Å²) in [7, 11) is 0. The maximum absolute atomic E-state index is 6.35. The third kappa shape index (κ3) is 5.37. The highest BCUT2D eigenvalue weighted by Gasteiger charge is 2.40. The van der Waals surface area contributed by atoms with Gasteiger partial charge in [0.15, 0.2) is 0 Å². The van der Waals surface area contributed by atoms with Gasteiger partial charge in [-0.3, -0.25) is 0 Å². The molecule has 2 atom stereocenters. The molecule has 1 rings (SSSR count). The Labute approximate surface area is 127 Å². The van der Waals surface area contributed by atoms with Gasteiger partial charge < -0.3 is 10.1 Å². The van der Waals surface area contributed by atoms with Gasteiger partial charge in [0.2, 0.25) is 0 Å². The van der Waals surface area contributed by atoms with Gasteiger partial charge in [-0.1, -0.05) is 52.9 Å². The van der Waals surface area contributed by atoms with E-state index in [2.05, 4.69) is 33.0 Å². The number of ether oxygens (including phenoxy) is 1. The summed E-state index contributed by atoms with van der Waals surface area (Å²) in [5.41, 5.74) is 0.115. The molecule has 2 heteroatoms. The van der Waals surface area contributed by atoms with Crippen LogP contribution in [0, 0.1) is 5.92 Å². The van der Waals surface area contributed by atoms with Crippen LogP contribution in [0.2, 0.25) is 0 Å². The molecule has 0 aromatic carbocycles. The Kier molecular flexibility index (Phi) is 8.79.